The fraction of sp³-hybridized carbons (Fsp3) is 0. The van der Waals surface area contributed by atoms with Gasteiger partial charge in [-0.3, -0.25) is 4.79 Å². The molecule has 0 aliphatic heterocycles. The summed E-state index contributed by atoms with van der Waals surface area (Å²) in [7, 11) is 0. The molecule has 2 heterocycles. The number of aromatic amines is 1. The van der Waals surface area contributed by atoms with Gasteiger partial charge >= 0.3 is 0 Å². The number of hydrogen-bond donors (Lipinski definition) is 1. The second-order valence-electron chi connectivity index (χ2n) is 3.73. The molecule has 0 atom stereocenters. The van der Waals surface area contributed by atoms with Crippen LogP contribution in [0.3, 0.4) is 0 Å². The Morgan fingerprint density at radius 2 is 2.00 bits per heavy atom. The molecule has 3 aromatic rings. The number of para-hydroxylation sites is 1. The average Bonchev–Trinajstić information content (AvgIpc) is 2.89. The van der Waals surface area contributed by atoms with E-state index in [4.69, 9.17) is 0 Å². The van der Waals surface area contributed by atoms with E-state index < -0.39 is 0 Å². The highest BCUT2D eigenvalue weighted by Crippen LogP contribution is 2.08. The monoisotopic (exact) mass is 239 g/mol. The van der Waals surface area contributed by atoms with Crippen LogP contribution in [0.5, 0.6) is 0 Å². The van der Waals surface area contributed by atoms with Crippen LogP contribution < -0.4 is 5.56 Å². The molecular formula is C12H9N5O. The quantitative estimate of drug-likeness (QED) is 0.678. The maximum atomic E-state index is 11.8. The summed E-state index contributed by atoms with van der Waals surface area (Å²) in [6.07, 6.45) is 4.38. The van der Waals surface area contributed by atoms with Gasteiger partial charge in [0.15, 0.2) is 0 Å². The predicted octanol–water partition coefficient (Wildman–Crippen LogP) is 1.00. The molecule has 6 heteroatoms. The minimum Gasteiger partial charge on any atom is -0.321 e. The van der Waals surface area contributed by atoms with Gasteiger partial charge in [0, 0.05) is 5.52 Å². The van der Waals surface area contributed by atoms with Gasteiger partial charge in [-0.15, -0.1) is 10.2 Å². The molecule has 0 aliphatic carbocycles. The lowest BCUT2D eigenvalue weighted by Crippen LogP contribution is -2.11. The van der Waals surface area contributed by atoms with Crippen molar-refractivity contribution in [1.29, 1.82) is 0 Å². The molecule has 0 bridgehead atoms. The zero-order valence-corrected chi connectivity index (χ0v) is 9.32. The number of fused-ring (bicyclic) bond motifs is 1. The molecule has 3 rings (SSSR count). The zero-order valence-electron chi connectivity index (χ0n) is 9.32. The van der Waals surface area contributed by atoms with E-state index in [1.54, 1.807) is 6.07 Å². The topological polar surface area (TPSA) is 75.9 Å². The molecule has 1 aromatic carbocycles. The van der Waals surface area contributed by atoms with E-state index in [9.17, 15) is 4.79 Å². The minimum atomic E-state index is -0.175. The van der Waals surface area contributed by atoms with E-state index >= 15 is 0 Å². The number of rotatable bonds is 2. The fourth-order valence-corrected chi connectivity index (χ4v) is 1.64. The number of nitrogens with one attached hydrogen (secondary N) is 1. The molecule has 0 amide bonds. The lowest BCUT2D eigenvalue weighted by Gasteiger charge is -1.98. The smallest absolute Gasteiger partial charge is 0.257 e. The first-order chi connectivity index (χ1) is 8.83. The van der Waals surface area contributed by atoms with Crippen molar-refractivity contribution in [3.63, 3.8) is 0 Å². The Labute approximate surface area is 102 Å². The third-order valence-electron chi connectivity index (χ3n) is 2.52. The van der Waals surface area contributed by atoms with Crippen molar-refractivity contribution in [2.45, 2.75) is 0 Å². The molecule has 18 heavy (non-hydrogen) atoms. The third-order valence-corrected chi connectivity index (χ3v) is 2.52. The first kappa shape index (κ1) is 10.4. The number of benzene rings is 1. The number of hydrogen-bond acceptors (Lipinski definition) is 4. The predicted molar refractivity (Wildman–Crippen MR) is 67.6 cm³/mol. The van der Waals surface area contributed by atoms with Crippen molar-refractivity contribution < 1.29 is 0 Å². The Bertz CT molecular complexity index is 757. The van der Waals surface area contributed by atoms with Gasteiger partial charge in [0.25, 0.3) is 5.56 Å². The maximum absolute atomic E-state index is 11.8. The van der Waals surface area contributed by atoms with Gasteiger partial charge in [0.1, 0.15) is 12.7 Å². The van der Waals surface area contributed by atoms with Crippen LogP contribution in [-0.4, -0.2) is 26.1 Å². The Kier molecular flexibility index (Phi) is 2.45. The van der Waals surface area contributed by atoms with Crippen LogP contribution >= 0.6 is 0 Å². The Balaban J connectivity index is 2.07. The van der Waals surface area contributed by atoms with E-state index in [-0.39, 0.29) is 5.56 Å². The summed E-state index contributed by atoms with van der Waals surface area (Å²) >= 11 is 0. The maximum Gasteiger partial charge on any atom is 0.257 e. The summed E-state index contributed by atoms with van der Waals surface area (Å²) in [6.45, 7) is 0. The van der Waals surface area contributed by atoms with Crippen molar-refractivity contribution in [2.75, 3.05) is 0 Å². The molecule has 0 saturated carbocycles. The standard InChI is InChI=1S/C12H9N5O/c18-12-10(6-15-17-7-13-14-8-17)5-9-3-1-2-4-11(9)16-12/h1-8H,(H,16,18)/b15-6+. The van der Waals surface area contributed by atoms with Gasteiger partial charge in [-0.25, -0.2) is 4.68 Å². The fourth-order valence-electron chi connectivity index (χ4n) is 1.64. The molecule has 2 aromatic heterocycles. The molecule has 0 unspecified atom stereocenters. The van der Waals surface area contributed by atoms with E-state index in [1.165, 1.54) is 23.5 Å². The highest BCUT2D eigenvalue weighted by atomic mass is 16.1. The Morgan fingerprint density at radius 3 is 2.83 bits per heavy atom. The normalized spacial score (nSPS) is 11.3. The van der Waals surface area contributed by atoms with Gasteiger partial charge in [0.2, 0.25) is 0 Å². The lowest BCUT2D eigenvalue weighted by atomic mass is 10.2. The first-order valence-corrected chi connectivity index (χ1v) is 5.34. The number of pyridine rings is 1. The summed E-state index contributed by atoms with van der Waals surface area (Å²) in [5.74, 6) is 0. The summed E-state index contributed by atoms with van der Waals surface area (Å²) in [4.78, 5) is 14.6. The number of H-pyrrole nitrogens is 1. The van der Waals surface area contributed by atoms with Crippen LogP contribution in [0.1, 0.15) is 5.56 Å². The second-order valence-corrected chi connectivity index (χ2v) is 3.73. The van der Waals surface area contributed by atoms with Crippen LogP contribution in [0.25, 0.3) is 10.9 Å². The molecule has 0 fully saturated rings. The summed E-state index contributed by atoms with van der Waals surface area (Å²) in [5, 5.41) is 12.3. The van der Waals surface area contributed by atoms with E-state index in [0.717, 1.165) is 10.9 Å². The van der Waals surface area contributed by atoms with Gasteiger partial charge in [-0.05, 0) is 17.5 Å². The molecule has 0 radical (unpaired) electrons. The van der Waals surface area contributed by atoms with Crippen LogP contribution in [0.2, 0.25) is 0 Å². The highest BCUT2D eigenvalue weighted by molar-refractivity contribution is 5.87. The second kappa shape index (κ2) is 4.25. The molecule has 0 aliphatic rings. The highest BCUT2D eigenvalue weighted by Gasteiger charge is 1.99. The van der Waals surface area contributed by atoms with Crippen molar-refractivity contribution in [3.8, 4) is 0 Å². The molecule has 0 spiro atoms. The van der Waals surface area contributed by atoms with Crippen LogP contribution in [0.4, 0.5) is 0 Å². The van der Waals surface area contributed by atoms with Gasteiger partial charge < -0.3 is 4.98 Å². The van der Waals surface area contributed by atoms with Gasteiger partial charge in [-0.2, -0.15) is 5.10 Å². The molecule has 1 N–H and O–H groups in total. The van der Waals surface area contributed by atoms with Crippen LogP contribution in [0, 0.1) is 0 Å². The zero-order chi connectivity index (χ0) is 12.4. The van der Waals surface area contributed by atoms with Crippen LogP contribution in [0.15, 0.2) is 52.9 Å². The summed E-state index contributed by atoms with van der Waals surface area (Å²) in [6, 6.07) is 9.38. The molecule has 0 saturated heterocycles. The van der Waals surface area contributed by atoms with Gasteiger partial charge in [-0.1, -0.05) is 18.2 Å². The molecular weight excluding hydrogens is 230 g/mol. The number of aromatic nitrogens is 4. The SMILES string of the molecule is O=c1[nH]c2ccccc2cc1/C=N/n1cnnc1. The summed E-state index contributed by atoms with van der Waals surface area (Å²) in [5.41, 5.74) is 1.12. The molecule has 6 nitrogen and oxygen atoms in total. The van der Waals surface area contributed by atoms with E-state index in [2.05, 4.69) is 20.3 Å². The van der Waals surface area contributed by atoms with Crippen molar-refractivity contribution >= 4 is 17.1 Å². The van der Waals surface area contributed by atoms with Crippen molar-refractivity contribution in [2.24, 2.45) is 5.10 Å². The number of nitrogens with zero attached hydrogens (tertiary/aromatic N) is 4. The van der Waals surface area contributed by atoms with E-state index in [0.29, 0.717) is 5.56 Å². The van der Waals surface area contributed by atoms with Crippen molar-refractivity contribution in [3.05, 3.63) is 58.9 Å². The Hall–Kier alpha value is -2.76. The minimum absolute atomic E-state index is 0.175. The van der Waals surface area contributed by atoms with Crippen molar-refractivity contribution in [1.82, 2.24) is 19.9 Å². The average molecular weight is 239 g/mol. The largest absolute Gasteiger partial charge is 0.321 e. The van der Waals surface area contributed by atoms with Crippen LogP contribution in [-0.2, 0) is 0 Å². The molecule has 88 valence electrons. The van der Waals surface area contributed by atoms with Gasteiger partial charge in [0.05, 0.1) is 11.8 Å². The van der Waals surface area contributed by atoms with E-state index in [1.807, 2.05) is 24.3 Å². The summed E-state index contributed by atoms with van der Waals surface area (Å²) < 4.78 is 1.43. The Morgan fingerprint density at radius 1 is 1.22 bits per heavy atom. The third kappa shape index (κ3) is 1.91. The first-order valence-electron chi connectivity index (χ1n) is 5.34. The lowest BCUT2D eigenvalue weighted by molar-refractivity contribution is 0.878.